The van der Waals surface area contributed by atoms with Crippen molar-refractivity contribution >= 4 is 5.69 Å². The molecule has 0 atom stereocenters. The van der Waals surface area contributed by atoms with E-state index in [1.165, 1.54) is 7.11 Å². The lowest BCUT2D eigenvalue weighted by atomic mass is 10.2. The molecule has 0 aliphatic heterocycles. The summed E-state index contributed by atoms with van der Waals surface area (Å²) in [5.41, 5.74) is 5.06. The Labute approximate surface area is 63.2 Å². The summed E-state index contributed by atoms with van der Waals surface area (Å²) in [5, 5.41) is 8.92. The van der Waals surface area contributed by atoms with Crippen molar-refractivity contribution in [3.05, 3.63) is 17.9 Å². The molecule has 11 heavy (non-hydrogen) atoms. The minimum Gasteiger partial charge on any atom is -0.508 e. The Morgan fingerprint density at radius 2 is 2.18 bits per heavy atom. The molecule has 3 nitrogen and oxygen atoms in total. The van der Waals surface area contributed by atoms with Crippen LogP contribution in [0.3, 0.4) is 0 Å². The van der Waals surface area contributed by atoms with Gasteiger partial charge >= 0.3 is 0 Å². The van der Waals surface area contributed by atoms with Crippen molar-refractivity contribution in [1.29, 1.82) is 0 Å². The van der Waals surface area contributed by atoms with Crippen LogP contribution in [0.1, 0.15) is 0 Å². The highest BCUT2D eigenvalue weighted by molar-refractivity contribution is 5.51. The van der Waals surface area contributed by atoms with E-state index in [1.54, 1.807) is 0 Å². The van der Waals surface area contributed by atoms with Crippen LogP contribution in [0.15, 0.2) is 12.1 Å². The predicted octanol–water partition coefficient (Wildman–Crippen LogP) is 1.12. The summed E-state index contributed by atoms with van der Waals surface area (Å²) >= 11 is 0. The number of nitrogen functional groups attached to an aromatic ring is 1. The Hall–Kier alpha value is -1.45. The highest BCUT2D eigenvalue weighted by Gasteiger charge is 2.07. The average Bonchev–Trinajstić information content (AvgIpc) is 1.96. The van der Waals surface area contributed by atoms with E-state index >= 15 is 0 Å². The maximum atomic E-state index is 12.8. The summed E-state index contributed by atoms with van der Waals surface area (Å²) in [6.45, 7) is 0. The van der Waals surface area contributed by atoms with Gasteiger partial charge in [-0.3, -0.25) is 0 Å². The number of benzene rings is 1. The third kappa shape index (κ3) is 1.34. The van der Waals surface area contributed by atoms with Gasteiger partial charge in [-0.1, -0.05) is 0 Å². The molecule has 1 aromatic rings. The Morgan fingerprint density at radius 1 is 1.55 bits per heavy atom. The molecule has 0 bridgehead atoms. The minimum atomic E-state index is -0.648. The number of methoxy groups -OCH3 is 1. The van der Waals surface area contributed by atoms with Gasteiger partial charge in [-0.15, -0.1) is 0 Å². The lowest BCUT2D eigenvalue weighted by molar-refractivity contribution is 0.381. The van der Waals surface area contributed by atoms with E-state index in [-0.39, 0.29) is 17.2 Å². The van der Waals surface area contributed by atoms with Crippen LogP contribution in [-0.4, -0.2) is 12.2 Å². The molecule has 60 valence electrons. The first-order chi connectivity index (χ1) is 5.15. The van der Waals surface area contributed by atoms with Crippen LogP contribution in [0.25, 0.3) is 0 Å². The predicted molar refractivity (Wildman–Crippen MR) is 39.0 cm³/mol. The molecule has 0 radical (unpaired) electrons. The van der Waals surface area contributed by atoms with Crippen molar-refractivity contribution in [2.75, 3.05) is 12.8 Å². The minimum absolute atomic E-state index is 0.0532. The van der Waals surface area contributed by atoms with Crippen LogP contribution in [0.5, 0.6) is 11.5 Å². The summed E-state index contributed by atoms with van der Waals surface area (Å²) in [7, 11) is 1.30. The van der Waals surface area contributed by atoms with Crippen molar-refractivity contribution < 1.29 is 14.2 Å². The fraction of sp³-hybridized carbons (Fsp3) is 0.143. The van der Waals surface area contributed by atoms with Gasteiger partial charge in [0.05, 0.1) is 12.8 Å². The van der Waals surface area contributed by atoms with Gasteiger partial charge in [0.15, 0.2) is 11.6 Å². The number of halogens is 1. The average molecular weight is 157 g/mol. The topological polar surface area (TPSA) is 55.5 Å². The molecule has 0 saturated carbocycles. The molecule has 0 fully saturated rings. The number of rotatable bonds is 1. The zero-order valence-electron chi connectivity index (χ0n) is 5.97. The second kappa shape index (κ2) is 2.65. The Morgan fingerprint density at radius 3 is 2.73 bits per heavy atom. The van der Waals surface area contributed by atoms with Crippen LogP contribution in [0, 0.1) is 5.82 Å². The van der Waals surface area contributed by atoms with E-state index in [9.17, 15) is 4.39 Å². The summed E-state index contributed by atoms with van der Waals surface area (Å²) in [5.74, 6) is -0.812. The fourth-order valence-electron chi connectivity index (χ4n) is 0.753. The van der Waals surface area contributed by atoms with E-state index in [4.69, 9.17) is 10.8 Å². The van der Waals surface area contributed by atoms with Crippen molar-refractivity contribution in [2.45, 2.75) is 0 Å². The van der Waals surface area contributed by atoms with Crippen molar-refractivity contribution in [3.63, 3.8) is 0 Å². The fourth-order valence-corrected chi connectivity index (χ4v) is 0.753. The summed E-state index contributed by atoms with van der Waals surface area (Å²) < 4.78 is 17.4. The monoisotopic (exact) mass is 157 g/mol. The number of hydrogen-bond acceptors (Lipinski definition) is 3. The molecular formula is C7H8FNO2. The lowest BCUT2D eigenvalue weighted by Gasteiger charge is -2.03. The van der Waals surface area contributed by atoms with E-state index in [0.717, 1.165) is 12.1 Å². The van der Waals surface area contributed by atoms with Crippen molar-refractivity contribution in [3.8, 4) is 11.5 Å². The third-order valence-electron chi connectivity index (χ3n) is 1.27. The second-order valence-electron chi connectivity index (χ2n) is 2.05. The van der Waals surface area contributed by atoms with Gasteiger partial charge in [-0.25, -0.2) is 4.39 Å². The largest absolute Gasteiger partial charge is 0.508 e. The van der Waals surface area contributed by atoms with Crippen LogP contribution in [0.2, 0.25) is 0 Å². The lowest BCUT2D eigenvalue weighted by Crippen LogP contribution is -1.94. The SMILES string of the molecule is COc1cc(O)cc(N)c1F. The van der Waals surface area contributed by atoms with Gasteiger partial charge in [-0.2, -0.15) is 0 Å². The molecule has 0 unspecified atom stereocenters. The van der Waals surface area contributed by atoms with Crippen LogP contribution < -0.4 is 10.5 Å². The van der Waals surface area contributed by atoms with E-state index in [1.807, 2.05) is 0 Å². The van der Waals surface area contributed by atoms with Gasteiger partial charge in [0.2, 0.25) is 0 Å². The first kappa shape index (κ1) is 7.65. The smallest absolute Gasteiger partial charge is 0.188 e. The van der Waals surface area contributed by atoms with Crippen molar-refractivity contribution in [1.82, 2.24) is 0 Å². The standard InChI is InChI=1S/C7H8FNO2/c1-11-6-3-4(10)2-5(9)7(6)8/h2-3,10H,9H2,1H3. The molecule has 3 N–H and O–H groups in total. The Bertz CT molecular complexity index is 275. The number of ether oxygens (including phenoxy) is 1. The molecular weight excluding hydrogens is 149 g/mol. The number of phenols is 1. The molecule has 0 spiro atoms. The third-order valence-corrected chi connectivity index (χ3v) is 1.27. The quantitative estimate of drug-likeness (QED) is 0.600. The van der Waals surface area contributed by atoms with Crippen molar-refractivity contribution in [2.24, 2.45) is 0 Å². The van der Waals surface area contributed by atoms with Gasteiger partial charge in [-0.05, 0) is 0 Å². The van der Waals surface area contributed by atoms with Crippen LogP contribution >= 0.6 is 0 Å². The van der Waals surface area contributed by atoms with Gasteiger partial charge < -0.3 is 15.6 Å². The zero-order chi connectivity index (χ0) is 8.43. The number of anilines is 1. The van der Waals surface area contributed by atoms with Gasteiger partial charge in [0.1, 0.15) is 5.75 Å². The first-order valence-electron chi connectivity index (χ1n) is 2.97. The number of nitrogens with two attached hydrogens (primary N) is 1. The van der Waals surface area contributed by atoms with E-state index < -0.39 is 5.82 Å². The van der Waals surface area contributed by atoms with Crippen LogP contribution in [0.4, 0.5) is 10.1 Å². The van der Waals surface area contributed by atoms with E-state index in [0.29, 0.717) is 0 Å². The molecule has 4 heteroatoms. The normalized spacial score (nSPS) is 9.64. The molecule has 0 amide bonds. The summed E-state index contributed by atoms with van der Waals surface area (Å²) in [6, 6.07) is 2.28. The molecule has 1 rings (SSSR count). The molecule has 0 aliphatic carbocycles. The summed E-state index contributed by atoms with van der Waals surface area (Å²) in [6.07, 6.45) is 0. The maximum Gasteiger partial charge on any atom is 0.188 e. The second-order valence-corrected chi connectivity index (χ2v) is 2.05. The van der Waals surface area contributed by atoms with Gasteiger partial charge in [0.25, 0.3) is 0 Å². The number of aromatic hydroxyl groups is 1. The molecule has 0 aromatic heterocycles. The number of hydrogen-bond donors (Lipinski definition) is 2. The summed E-state index contributed by atoms with van der Waals surface area (Å²) in [4.78, 5) is 0. The molecule has 0 heterocycles. The Kier molecular flexibility index (Phi) is 1.85. The highest BCUT2D eigenvalue weighted by Crippen LogP contribution is 2.27. The number of phenolic OH excluding ortho intramolecular Hbond substituents is 1. The maximum absolute atomic E-state index is 12.8. The Balaban J connectivity index is 3.24. The van der Waals surface area contributed by atoms with Crippen LogP contribution in [-0.2, 0) is 0 Å². The van der Waals surface area contributed by atoms with Gasteiger partial charge in [0, 0.05) is 12.1 Å². The zero-order valence-corrected chi connectivity index (χ0v) is 5.97. The molecule has 0 saturated heterocycles. The molecule has 0 aliphatic rings. The highest BCUT2D eigenvalue weighted by atomic mass is 19.1. The van der Waals surface area contributed by atoms with E-state index in [2.05, 4.69) is 4.74 Å². The molecule has 1 aromatic carbocycles. The first-order valence-corrected chi connectivity index (χ1v) is 2.97.